The summed E-state index contributed by atoms with van der Waals surface area (Å²) < 4.78 is 5.55. The normalized spacial score (nSPS) is 12.5. The Balaban J connectivity index is 1.39. The van der Waals surface area contributed by atoms with Gasteiger partial charge in [-0.1, -0.05) is 47.8 Å². The van der Waals surface area contributed by atoms with Crippen LogP contribution in [0, 0.1) is 0 Å². The molecule has 7 heteroatoms. The molecule has 1 aliphatic heterocycles. The number of para-hydroxylation sites is 2. The van der Waals surface area contributed by atoms with Crippen LogP contribution in [0.15, 0.2) is 81.7 Å². The summed E-state index contributed by atoms with van der Waals surface area (Å²) in [6.07, 6.45) is 0. The zero-order valence-corrected chi connectivity index (χ0v) is 17.9. The van der Waals surface area contributed by atoms with Crippen molar-refractivity contribution in [3.63, 3.8) is 0 Å². The second-order valence-corrected chi connectivity index (χ2v) is 8.76. The van der Waals surface area contributed by atoms with Crippen LogP contribution in [0.5, 0.6) is 5.75 Å². The third-order valence-corrected chi connectivity index (χ3v) is 6.74. The molecule has 30 heavy (non-hydrogen) atoms. The maximum atomic E-state index is 13.3. The number of nitrogens with one attached hydrogen (secondary N) is 1. The van der Waals surface area contributed by atoms with Gasteiger partial charge in [-0.2, -0.15) is 0 Å². The van der Waals surface area contributed by atoms with Crippen molar-refractivity contribution in [3.8, 4) is 5.75 Å². The average Bonchev–Trinajstić information content (AvgIpc) is 3.18. The van der Waals surface area contributed by atoms with Crippen LogP contribution >= 0.6 is 23.5 Å². The molecule has 0 spiro atoms. The van der Waals surface area contributed by atoms with E-state index in [0.29, 0.717) is 6.61 Å². The predicted molar refractivity (Wildman–Crippen MR) is 122 cm³/mol. The van der Waals surface area contributed by atoms with E-state index in [1.165, 1.54) is 11.8 Å². The molecular formula is C23H19N3O2S2. The number of aromatic amines is 1. The molecule has 3 aromatic carbocycles. The molecule has 0 radical (unpaired) electrons. The van der Waals surface area contributed by atoms with Crippen LogP contribution in [-0.4, -0.2) is 28.2 Å². The molecule has 1 aromatic heterocycles. The Morgan fingerprint density at radius 1 is 1.07 bits per heavy atom. The van der Waals surface area contributed by atoms with Gasteiger partial charge in [0.1, 0.15) is 5.75 Å². The molecule has 0 unspecified atom stereocenters. The van der Waals surface area contributed by atoms with Crippen molar-refractivity contribution in [2.45, 2.75) is 21.9 Å². The SMILES string of the molecule is CCOc1ccc2nc(SCC(=O)N3c4ccccc4Sc4ccccc43)[nH]c2c1. The number of hydrogen-bond acceptors (Lipinski definition) is 5. The zero-order chi connectivity index (χ0) is 20.5. The van der Waals surface area contributed by atoms with Gasteiger partial charge in [0.2, 0.25) is 5.91 Å². The molecule has 5 rings (SSSR count). The number of aromatic nitrogens is 2. The van der Waals surface area contributed by atoms with Crippen molar-refractivity contribution in [2.75, 3.05) is 17.3 Å². The smallest absolute Gasteiger partial charge is 0.242 e. The number of H-pyrrole nitrogens is 1. The number of ether oxygens (including phenoxy) is 1. The second-order valence-electron chi connectivity index (χ2n) is 6.71. The number of amides is 1. The molecule has 1 amide bonds. The minimum absolute atomic E-state index is 0.0238. The number of benzene rings is 3. The number of carbonyl (C=O) groups is 1. The number of imidazole rings is 1. The molecule has 0 saturated carbocycles. The molecule has 1 aliphatic rings. The average molecular weight is 434 g/mol. The van der Waals surface area contributed by atoms with Crippen LogP contribution in [0.3, 0.4) is 0 Å². The lowest BCUT2D eigenvalue weighted by molar-refractivity contribution is -0.115. The van der Waals surface area contributed by atoms with Crippen molar-refractivity contribution >= 4 is 51.8 Å². The molecule has 150 valence electrons. The van der Waals surface area contributed by atoms with Gasteiger partial charge in [-0.15, -0.1) is 0 Å². The van der Waals surface area contributed by atoms with Gasteiger partial charge in [-0.3, -0.25) is 9.69 Å². The highest BCUT2D eigenvalue weighted by Crippen LogP contribution is 2.48. The highest BCUT2D eigenvalue weighted by Gasteiger charge is 2.27. The summed E-state index contributed by atoms with van der Waals surface area (Å²) in [6, 6.07) is 21.8. The molecular weight excluding hydrogens is 414 g/mol. The number of anilines is 2. The van der Waals surface area contributed by atoms with Gasteiger partial charge in [-0.05, 0) is 43.3 Å². The van der Waals surface area contributed by atoms with Gasteiger partial charge >= 0.3 is 0 Å². The highest BCUT2D eigenvalue weighted by atomic mass is 32.2. The van der Waals surface area contributed by atoms with E-state index in [1.54, 1.807) is 11.8 Å². The van der Waals surface area contributed by atoms with Crippen LogP contribution in [0.1, 0.15) is 6.92 Å². The fourth-order valence-corrected chi connectivity index (χ4v) is 5.25. The molecule has 2 heterocycles. The fraction of sp³-hybridized carbons (Fsp3) is 0.130. The van der Waals surface area contributed by atoms with Crippen LogP contribution in [0.4, 0.5) is 11.4 Å². The van der Waals surface area contributed by atoms with E-state index in [0.717, 1.165) is 43.1 Å². The third-order valence-electron chi connectivity index (χ3n) is 4.76. The standard InChI is InChI=1S/C23H19N3O2S2/c1-2-28-15-11-12-16-17(13-15)25-23(24-16)29-14-22(27)26-18-7-3-5-9-20(18)30-21-10-6-4-8-19(21)26/h3-13H,2,14H2,1H3,(H,24,25). The van der Waals surface area contributed by atoms with E-state index < -0.39 is 0 Å². The Bertz CT molecular complexity index is 1190. The minimum atomic E-state index is 0.0238. The maximum Gasteiger partial charge on any atom is 0.242 e. The molecule has 4 aromatic rings. The number of hydrogen-bond donors (Lipinski definition) is 1. The summed E-state index contributed by atoms with van der Waals surface area (Å²) in [7, 11) is 0. The van der Waals surface area contributed by atoms with Gasteiger partial charge in [0.05, 0.1) is 34.8 Å². The van der Waals surface area contributed by atoms with Crippen LogP contribution in [0.25, 0.3) is 11.0 Å². The fourth-order valence-electron chi connectivity index (χ4n) is 3.46. The Morgan fingerprint density at radius 2 is 1.77 bits per heavy atom. The van der Waals surface area contributed by atoms with Crippen LogP contribution in [0.2, 0.25) is 0 Å². The lowest BCUT2D eigenvalue weighted by atomic mass is 10.2. The van der Waals surface area contributed by atoms with E-state index in [1.807, 2.05) is 66.4 Å². The monoisotopic (exact) mass is 433 g/mol. The number of nitrogens with zero attached hydrogens (tertiary/aromatic N) is 2. The lowest BCUT2D eigenvalue weighted by Gasteiger charge is -2.30. The van der Waals surface area contributed by atoms with Gasteiger partial charge < -0.3 is 9.72 Å². The van der Waals surface area contributed by atoms with Crippen molar-refractivity contribution in [3.05, 3.63) is 66.7 Å². The summed E-state index contributed by atoms with van der Waals surface area (Å²) in [4.78, 5) is 25.2. The number of rotatable bonds is 5. The Morgan fingerprint density at radius 3 is 2.47 bits per heavy atom. The maximum absolute atomic E-state index is 13.3. The van der Waals surface area contributed by atoms with Crippen molar-refractivity contribution in [1.29, 1.82) is 0 Å². The van der Waals surface area contributed by atoms with E-state index in [2.05, 4.69) is 22.1 Å². The quantitative estimate of drug-likeness (QED) is 0.398. The molecule has 0 bridgehead atoms. The molecule has 0 saturated heterocycles. The summed E-state index contributed by atoms with van der Waals surface area (Å²) in [5.41, 5.74) is 3.62. The van der Waals surface area contributed by atoms with E-state index >= 15 is 0 Å². The first-order chi connectivity index (χ1) is 14.7. The summed E-state index contributed by atoms with van der Waals surface area (Å²) >= 11 is 3.11. The van der Waals surface area contributed by atoms with E-state index in [4.69, 9.17) is 4.74 Å². The van der Waals surface area contributed by atoms with Crippen LogP contribution in [-0.2, 0) is 4.79 Å². The lowest BCUT2D eigenvalue weighted by Crippen LogP contribution is -2.30. The first-order valence-electron chi connectivity index (χ1n) is 9.67. The van der Waals surface area contributed by atoms with Gasteiger partial charge in [0.25, 0.3) is 0 Å². The van der Waals surface area contributed by atoms with Gasteiger partial charge in [0, 0.05) is 15.9 Å². The van der Waals surface area contributed by atoms with Gasteiger partial charge in [0.15, 0.2) is 5.16 Å². The van der Waals surface area contributed by atoms with Crippen molar-refractivity contribution < 1.29 is 9.53 Å². The Labute approximate surface area is 182 Å². The molecule has 0 atom stereocenters. The predicted octanol–water partition coefficient (Wildman–Crippen LogP) is 5.88. The molecule has 0 aliphatic carbocycles. The number of fused-ring (bicyclic) bond motifs is 3. The van der Waals surface area contributed by atoms with Crippen molar-refractivity contribution in [2.24, 2.45) is 0 Å². The zero-order valence-electron chi connectivity index (χ0n) is 16.3. The van der Waals surface area contributed by atoms with Crippen LogP contribution < -0.4 is 9.64 Å². The summed E-state index contributed by atoms with van der Waals surface area (Å²) in [5, 5.41) is 0.722. The minimum Gasteiger partial charge on any atom is -0.494 e. The first-order valence-corrected chi connectivity index (χ1v) is 11.5. The van der Waals surface area contributed by atoms with E-state index in [9.17, 15) is 4.79 Å². The summed E-state index contributed by atoms with van der Waals surface area (Å²) in [5.74, 6) is 1.11. The van der Waals surface area contributed by atoms with Gasteiger partial charge in [-0.25, -0.2) is 4.98 Å². The Kier molecular flexibility index (Phi) is 5.14. The molecule has 5 nitrogen and oxygen atoms in total. The second kappa shape index (κ2) is 8.08. The molecule has 0 fully saturated rings. The topological polar surface area (TPSA) is 58.2 Å². The first kappa shape index (κ1) is 19.1. The highest BCUT2D eigenvalue weighted by molar-refractivity contribution is 8.00. The Hall–Kier alpha value is -2.90. The number of carbonyl (C=O) groups excluding carboxylic acids is 1. The largest absolute Gasteiger partial charge is 0.494 e. The third kappa shape index (κ3) is 3.55. The number of thioether (sulfide) groups is 1. The molecule has 1 N–H and O–H groups in total. The summed E-state index contributed by atoms with van der Waals surface area (Å²) in [6.45, 7) is 2.58. The van der Waals surface area contributed by atoms with E-state index in [-0.39, 0.29) is 11.7 Å². The van der Waals surface area contributed by atoms with Crippen molar-refractivity contribution in [1.82, 2.24) is 9.97 Å².